The normalized spacial score (nSPS) is 14.6. The molecule has 0 saturated carbocycles. The number of carboxylic acids is 1. The molecule has 0 spiro atoms. The number of aromatic amines is 1. The molecule has 3 aromatic rings. The van der Waals surface area contributed by atoms with Crippen molar-refractivity contribution in [3.05, 3.63) is 83.9 Å². The number of hydrogen-bond donors (Lipinski definition) is 8. The van der Waals surface area contributed by atoms with E-state index < -0.39 is 54.0 Å². The van der Waals surface area contributed by atoms with Gasteiger partial charge in [0.25, 0.3) is 0 Å². The van der Waals surface area contributed by atoms with Gasteiger partial charge >= 0.3 is 5.97 Å². The molecule has 13 nitrogen and oxygen atoms in total. The fourth-order valence-corrected chi connectivity index (χ4v) is 3.99. The number of hydrogen-bond acceptors (Lipinski definition) is 8. The molecule has 0 fully saturated rings. The molecule has 0 bridgehead atoms. The zero-order chi connectivity index (χ0) is 29.9. The van der Waals surface area contributed by atoms with Crippen LogP contribution in [0.3, 0.4) is 0 Å². The summed E-state index contributed by atoms with van der Waals surface area (Å²) in [5.41, 5.74) is 14.1. The van der Waals surface area contributed by atoms with Crippen LogP contribution in [0.2, 0.25) is 0 Å². The van der Waals surface area contributed by atoms with Crippen LogP contribution in [-0.4, -0.2) is 68.1 Å². The SMILES string of the molecule is C[C@@H](O)[C@H](N)C(=O)NC(CC(=O)N[C@@H](Cc1ccccc1)C(=O)O)c1ccc(NC(=O)[C@@H](N)Cc2cnc[nH]2)cc1. The lowest BCUT2D eigenvalue weighted by molar-refractivity contribution is -0.142. The number of nitrogens with two attached hydrogens (primary N) is 2. The van der Waals surface area contributed by atoms with Gasteiger partial charge in [0, 0.05) is 30.4 Å². The number of imidazole rings is 1. The van der Waals surface area contributed by atoms with E-state index in [9.17, 15) is 29.4 Å². The van der Waals surface area contributed by atoms with Gasteiger partial charge in [-0.15, -0.1) is 0 Å². The van der Waals surface area contributed by atoms with Crippen molar-refractivity contribution in [2.45, 2.75) is 56.5 Å². The highest BCUT2D eigenvalue weighted by atomic mass is 16.4. The Kier molecular flexibility index (Phi) is 11.1. The van der Waals surface area contributed by atoms with Crippen LogP contribution in [0.15, 0.2) is 67.1 Å². The maximum atomic E-state index is 13.0. The number of nitrogens with zero attached hydrogens (tertiary/aromatic N) is 1. The summed E-state index contributed by atoms with van der Waals surface area (Å²) in [5, 5.41) is 27.3. The Morgan fingerprint density at radius 1 is 0.951 bits per heavy atom. The second kappa shape index (κ2) is 14.7. The maximum absolute atomic E-state index is 13.0. The number of amides is 3. The first-order valence-corrected chi connectivity index (χ1v) is 13.0. The van der Waals surface area contributed by atoms with Crippen molar-refractivity contribution in [2.24, 2.45) is 11.5 Å². The molecular weight excluding hydrogens is 530 g/mol. The van der Waals surface area contributed by atoms with Crippen molar-refractivity contribution in [1.29, 1.82) is 0 Å². The Bertz CT molecular complexity index is 1300. The van der Waals surface area contributed by atoms with E-state index in [0.717, 1.165) is 5.56 Å². The molecular formula is C28H35N7O6. The van der Waals surface area contributed by atoms with Gasteiger partial charge in [0.15, 0.2) is 0 Å². The third kappa shape index (κ3) is 9.53. The first-order chi connectivity index (χ1) is 19.5. The number of carboxylic acid groups (broad SMARTS) is 1. The summed E-state index contributed by atoms with van der Waals surface area (Å²) < 4.78 is 0. The van der Waals surface area contributed by atoms with Crippen LogP contribution in [0.25, 0.3) is 0 Å². The minimum atomic E-state index is -1.25. The molecule has 218 valence electrons. The number of aliphatic hydroxyl groups excluding tert-OH is 1. The number of aliphatic carboxylic acids is 1. The fourth-order valence-electron chi connectivity index (χ4n) is 3.99. The summed E-state index contributed by atoms with van der Waals surface area (Å²) in [6.07, 6.45) is 1.96. The molecule has 1 aromatic heterocycles. The zero-order valence-corrected chi connectivity index (χ0v) is 22.5. The highest BCUT2D eigenvalue weighted by Gasteiger charge is 2.27. The Morgan fingerprint density at radius 3 is 2.22 bits per heavy atom. The summed E-state index contributed by atoms with van der Waals surface area (Å²) in [6.45, 7) is 1.36. The van der Waals surface area contributed by atoms with Gasteiger partial charge in [-0.25, -0.2) is 9.78 Å². The molecule has 0 radical (unpaired) electrons. The quantitative estimate of drug-likeness (QED) is 0.131. The fraction of sp³-hybridized carbons (Fsp3) is 0.321. The average Bonchev–Trinajstić information content (AvgIpc) is 3.45. The molecule has 41 heavy (non-hydrogen) atoms. The van der Waals surface area contributed by atoms with Crippen LogP contribution in [-0.2, 0) is 32.0 Å². The minimum absolute atomic E-state index is 0.0722. The van der Waals surface area contributed by atoms with Crippen LogP contribution in [0.5, 0.6) is 0 Å². The molecule has 0 aliphatic heterocycles. The van der Waals surface area contributed by atoms with Crippen molar-refractivity contribution in [2.75, 3.05) is 5.32 Å². The zero-order valence-electron chi connectivity index (χ0n) is 22.5. The van der Waals surface area contributed by atoms with E-state index >= 15 is 0 Å². The summed E-state index contributed by atoms with van der Waals surface area (Å²) in [4.78, 5) is 56.7. The van der Waals surface area contributed by atoms with Crippen LogP contribution < -0.4 is 27.4 Å². The highest BCUT2D eigenvalue weighted by Crippen LogP contribution is 2.21. The first kappa shape index (κ1) is 30.9. The average molecular weight is 566 g/mol. The molecule has 5 atom stereocenters. The second-order valence-corrected chi connectivity index (χ2v) is 9.68. The van der Waals surface area contributed by atoms with Crippen LogP contribution in [0, 0.1) is 0 Å². The number of anilines is 1. The summed E-state index contributed by atoms with van der Waals surface area (Å²) in [7, 11) is 0. The van der Waals surface area contributed by atoms with Crippen molar-refractivity contribution in [3.8, 4) is 0 Å². The van der Waals surface area contributed by atoms with Gasteiger partial charge < -0.3 is 42.6 Å². The van der Waals surface area contributed by atoms with Crippen LogP contribution in [0.4, 0.5) is 5.69 Å². The van der Waals surface area contributed by atoms with Gasteiger partial charge in [-0.3, -0.25) is 14.4 Å². The standard InChI is InChI=1S/C28H35N7O6/c1-16(36)25(30)27(39)35-22(13-24(37)34-23(28(40)41)11-17-5-3-2-4-6-17)18-7-9-19(10-8-18)33-26(38)21(29)12-20-14-31-15-32-20/h2-10,14-16,21-23,25,36H,11-13,29-30H2,1H3,(H,31,32)(H,33,38)(H,34,37)(H,35,39)(H,40,41)/t16-,21+,22?,23+,25+/m1/s1. The third-order valence-electron chi connectivity index (χ3n) is 6.36. The topological polar surface area (TPSA) is 226 Å². The van der Waals surface area contributed by atoms with Gasteiger partial charge in [-0.1, -0.05) is 42.5 Å². The molecule has 3 amide bonds. The van der Waals surface area contributed by atoms with E-state index in [1.54, 1.807) is 60.8 Å². The predicted molar refractivity (Wildman–Crippen MR) is 150 cm³/mol. The van der Waals surface area contributed by atoms with E-state index in [4.69, 9.17) is 11.5 Å². The molecule has 13 heteroatoms. The first-order valence-electron chi connectivity index (χ1n) is 13.0. The predicted octanol–water partition coefficient (Wildman–Crippen LogP) is -0.0142. The molecule has 0 aliphatic rings. The van der Waals surface area contributed by atoms with E-state index in [1.807, 2.05) is 0 Å². The molecule has 3 rings (SSSR count). The number of nitrogens with one attached hydrogen (secondary N) is 4. The second-order valence-electron chi connectivity index (χ2n) is 9.68. The Labute approximate surface area is 236 Å². The van der Waals surface area contributed by atoms with E-state index in [0.29, 0.717) is 16.9 Å². The number of aromatic nitrogens is 2. The van der Waals surface area contributed by atoms with Crippen molar-refractivity contribution >= 4 is 29.4 Å². The van der Waals surface area contributed by atoms with E-state index in [-0.39, 0.29) is 19.3 Å². The van der Waals surface area contributed by atoms with Crippen molar-refractivity contribution in [1.82, 2.24) is 20.6 Å². The molecule has 0 saturated heterocycles. The third-order valence-corrected chi connectivity index (χ3v) is 6.36. The number of carbonyl (C=O) groups is 4. The number of benzene rings is 2. The summed E-state index contributed by atoms with van der Waals surface area (Å²) in [6, 6.07) is 11.0. The van der Waals surface area contributed by atoms with Gasteiger partial charge in [-0.05, 0) is 30.2 Å². The van der Waals surface area contributed by atoms with Gasteiger partial charge in [0.2, 0.25) is 17.7 Å². The highest BCUT2D eigenvalue weighted by molar-refractivity contribution is 5.94. The van der Waals surface area contributed by atoms with Gasteiger partial charge in [0.05, 0.1) is 30.9 Å². The Hall–Kier alpha value is -4.59. The van der Waals surface area contributed by atoms with Crippen LogP contribution >= 0.6 is 0 Å². The Balaban J connectivity index is 1.71. The molecule has 1 heterocycles. The van der Waals surface area contributed by atoms with E-state index in [2.05, 4.69) is 25.9 Å². The number of H-pyrrole nitrogens is 1. The lowest BCUT2D eigenvalue weighted by atomic mass is 10.0. The monoisotopic (exact) mass is 565 g/mol. The summed E-state index contributed by atoms with van der Waals surface area (Å²) in [5.74, 6) is -2.94. The maximum Gasteiger partial charge on any atom is 0.326 e. The largest absolute Gasteiger partial charge is 0.480 e. The number of rotatable bonds is 14. The van der Waals surface area contributed by atoms with Crippen molar-refractivity contribution < 1.29 is 29.4 Å². The van der Waals surface area contributed by atoms with Crippen molar-refractivity contribution in [3.63, 3.8) is 0 Å². The minimum Gasteiger partial charge on any atom is -0.480 e. The lowest BCUT2D eigenvalue weighted by Crippen LogP contribution is -2.49. The summed E-state index contributed by atoms with van der Waals surface area (Å²) >= 11 is 0. The van der Waals surface area contributed by atoms with Gasteiger partial charge in [0.1, 0.15) is 12.1 Å². The Morgan fingerprint density at radius 2 is 1.63 bits per heavy atom. The molecule has 1 unspecified atom stereocenters. The number of aliphatic hydroxyl groups is 1. The molecule has 10 N–H and O–H groups in total. The molecule has 0 aliphatic carbocycles. The smallest absolute Gasteiger partial charge is 0.326 e. The van der Waals surface area contributed by atoms with E-state index in [1.165, 1.54) is 13.3 Å². The number of carbonyl (C=O) groups excluding carboxylic acids is 3. The molecule has 2 aromatic carbocycles. The van der Waals surface area contributed by atoms with Gasteiger partial charge in [-0.2, -0.15) is 0 Å². The van der Waals surface area contributed by atoms with Crippen LogP contribution in [0.1, 0.15) is 36.2 Å². The lowest BCUT2D eigenvalue weighted by Gasteiger charge is -2.23.